The lowest BCUT2D eigenvalue weighted by Gasteiger charge is -2.21. The van der Waals surface area contributed by atoms with Crippen LogP contribution in [-0.2, 0) is 0 Å². The Morgan fingerprint density at radius 2 is 1.88 bits per heavy atom. The second kappa shape index (κ2) is 5.90. The second-order valence-corrected chi connectivity index (χ2v) is 6.32. The van der Waals surface area contributed by atoms with E-state index in [1.165, 1.54) is 6.42 Å². The molecule has 1 aliphatic carbocycles. The molecule has 0 N–H and O–H groups in total. The van der Waals surface area contributed by atoms with Gasteiger partial charge in [0.2, 0.25) is 0 Å². The van der Waals surface area contributed by atoms with Gasteiger partial charge in [0, 0.05) is 15.8 Å². The van der Waals surface area contributed by atoms with Crippen LogP contribution >= 0.6 is 39.1 Å². The maximum atomic E-state index is 14.1. The van der Waals surface area contributed by atoms with Crippen LogP contribution in [0.2, 0.25) is 5.02 Å². The van der Waals surface area contributed by atoms with Crippen molar-refractivity contribution in [3.63, 3.8) is 0 Å². The highest BCUT2D eigenvalue weighted by atomic mass is 79.9. The number of alkyl halides is 1. The number of hydrogen-bond donors (Lipinski definition) is 0. The predicted molar refractivity (Wildman–Crippen MR) is 74.6 cm³/mol. The lowest BCUT2D eigenvalue weighted by molar-refractivity contribution is 0.541. The van der Waals surface area contributed by atoms with E-state index in [1.807, 2.05) is 0 Å². The fraction of sp³-hybridized carbons (Fsp3) is 0.538. The van der Waals surface area contributed by atoms with Crippen LogP contribution < -0.4 is 0 Å². The van der Waals surface area contributed by atoms with Crippen molar-refractivity contribution in [3.05, 3.63) is 33.0 Å². The van der Waals surface area contributed by atoms with Gasteiger partial charge >= 0.3 is 0 Å². The normalized spacial score (nSPS) is 25.6. The van der Waals surface area contributed by atoms with Gasteiger partial charge in [-0.15, -0.1) is 11.6 Å². The molecular formula is C13H14BrCl2F. The van der Waals surface area contributed by atoms with Crippen LogP contribution in [0.5, 0.6) is 0 Å². The minimum atomic E-state index is -0.321. The van der Waals surface area contributed by atoms with Crippen molar-refractivity contribution in [2.45, 2.75) is 43.4 Å². The molecule has 1 aromatic carbocycles. The lowest BCUT2D eigenvalue weighted by atomic mass is 9.91. The highest BCUT2D eigenvalue weighted by Crippen LogP contribution is 2.39. The first kappa shape index (κ1) is 13.6. The Morgan fingerprint density at radius 1 is 1.18 bits per heavy atom. The van der Waals surface area contributed by atoms with E-state index >= 15 is 0 Å². The molecule has 0 spiro atoms. The summed E-state index contributed by atoms with van der Waals surface area (Å²) in [6.07, 6.45) is 5.34. The van der Waals surface area contributed by atoms with Crippen LogP contribution in [0.15, 0.2) is 16.6 Å². The second-order valence-electron chi connectivity index (χ2n) is 4.53. The summed E-state index contributed by atoms with van der Waals surface area (Å²) in [4.78, 5) is 0. The number of hydrogen-bond acceptors (Lipinski definition) is 0. The van der Waals surface area contributed by atoms with Gasteiger partial charge in [-0.3, -0.25) is 0 Å². The largest absolute Gasteiger partial charge is 0.205 e. The van der Waals surface area contributed by atoms with E-state index < -0.39 is 0 Å². The van der Waals surface area contributed by atoms with Gasteiger partial charge in [-0.05, 0) is 40.4 Å². The molecule has 94 valence electrons. The van der Waals surface area contributed by atoms with E-state index in [4.69, 9.17) is 23.2 Å². The molecule has 2 rings (SSSR count). The maximum Gasteiger partial charge on any atom is 0.146 e. The minimum Gasteiger partial charge on any atom is -0.205 e. The Labute approximate surface area is 120 Å². The summed E-state index contributed by atoms with van der Waals surface area (Å²) >= 11 is 15.5. The Morgan fingerprint density at radius 3 is 2.65 bits per heavy atom. The van der Waals surface area contributed by atoms with Gasteiger partial charge in [-0.2, -0.15) is 0 Å². The number of rotatable bonds is 1. The van der Waals surface area contributed by atoms with Gasteiger partial charge in [0.25, 0.3) is 0 Å². The average Bonchev–Trinajstić information content (AvgIpc) is 2.52. The predicted octanol–water partition coefficient (Wildman–Crippen LogP) is 5.90. The molecule has 2 atom stereocenters. The van der Waals surface area contributed by atoms with Crippen LogP contribution in [0.1, 0.15) is 43.6 Å². The smallest absolute Gasteiger partial charge is 0.146 e. The van der Waals surface area contributed by atoms with Crippen LogP contribution in [-0.4, -0.2) is 5.38 Å². The standard InChI is InChI=1S/C13H14BrCl2F/c14-10-7-6-9(13(17)12(10)16)8-4-2-1-3-5-11(8)15/h6-8,11H,1-5H2. The molecule has 1 fully saturated rings. The third-order valence-electron chi connectivity index (χ3n) is 3.40. The monoisotopic (exact) mass is 338 g/mol. The van der Waals surface area contributed by atoms with Crippen molar-refractivity contribution in [2.75, 3.05) is 0 Å². The summed E-state index contributed by atoms with van der Waals surface area (Å²) in [7, 11) is 0. The van der Waals surface area contributed by atoms with Crippen LogP contribution in [0, 0.1) is 5.82 Å². The molecule has 17 heavy (non-hydrogen) atoms. The molecule has 0 bridgehead atoms. The Bertz CT molecular complexity index is 409. The molecule has 1 saturated carbocycles. The zero-order chi connectivity index (χ0) is 12.4. The van der Waals surface area contributed by atoms with E-state index in [2.05, 4.69) is 15.9 Å². The van der Waals surface area contributed by atoms with Crippen LogP contribution in [0.25, 0.3) is 0 Å². The van der Waals surface area contributed by atoms with E-state index in [-0.39, 0.29) is 22.1 Å². The molecule has 0 nitrogen and oxygen atoms in total. The Balaban J connectivity index is 2.35. The number of halogens is 4. The zero-order valence-corrected chi connectivity index (χ0v) is 12.5. The molecular weight excluding hydrogens is 326 g/mol. The quantitative estimate of drug-likeness (QED) is 0.339. The SMILES string of the molecule is Fc1c(C2CCCCCC2Cl)ccc(Br)c1Cl. The first-order valence-electron chi connectivity index (χ1n) is 5.88. The highest BCUT2D eigenvalue weighted by molar-refractivity contribution is 9.10. The van der Waals surface area contributed by atoms with Crippen molar-refractivity contribution in [1.29, 1.82) is 0 Å². The average molecular weight is 340 g/mol. The highest BCUT2D eigenvalue weighted by Gasteiger charge is 2.26. The van der Waals surface area contributed by atoms with Gasteiger partial charge in [-0.25, -0.2) is 4.39 Å². The lowest BCUT2D eigenvalue weighted by Crippen LogP contribution is -2.13. The van der Waals surface area contributed by atoms with Gasteiger partial charge in [-0.1, -0.05) is 36.9 Å². The van der Waals surface area contributed by atoms with Crippen molar-refractivity contribution >= 4 is 39.1 Å². The fourth-order valence-corrected chi connectivity index (χ4v) is 3.33. The summed E-state index contributed by atoms with van der Waals surface area (Å²) in [5.41, 5.74) is 0.667. The molecule has 2 unspecified atom stereocenters. The molecule has 4 heteroatoms. The van der Waals surface area contributed by atoms with Crippen LogP contribution in [0.4, 0.5) is 4.39 Å². The fourth-order valence-electron chi connectivity index (χ4n) is 2.44. The molecule has 0 aromatic heterocycles. The molecule has 0 aliphatic heterocycles. The van der Waals surface area contributed by atoms with Crippen molar-refractivity contribution in [1.82, 2.24) is 0 Å². The number of benzene rings is 1. The molecule has 0 saturated heterocycles. The molecule has 1 aromatic rings. The first-order valence-corrected chi connectivity index (χ1v) is 7.49. The Kier molecular flexibility index (Phi) is 4.73. The van der Waals surface area contributed by atoms with E-state index in [0.717, 1.165) is 25.7 Å². The molecule has 0 amide bonds. The summed E-state index contributed by atoms with van der Waals surface area (Å²) < 4.78 is 14.7. The minimum absolute atomic E-state index is 0.0178. The van der Waals surface area contributed by atoms with Crippen LogP contribution in [0.3, 0.4) is 0 Å². The van der Waals surface area contributed by atoms with Gasteiger partial charge in [0.15, 0.2) is 0 Å². The Hall–Kier alpha value is 0.210. The van der Waals surface area contributed by atoms with E-state index in [1.54, 1.807) is 12.1 Å². The summed E-state index contributed by atoms with van der Waals surface area (Å²) in [6, 6.07) is 3.60. The third kappa shape index (κ3) is 2.97. The molecule has 1 aliphatic rings. The maximum absolute atomic E-state index is 14.1. The van der Waals surface area contributed by atoms with E-state index in [9.17, 15) is 4.39 Å². The van der Waals surface area contributed by atoms with Gasteiger partial charge in [0.05, 0.1) is 5.02 Å². The van der Waals surface area contributed by atoms with Crippen molar-refractivity contribution < 1.29 is 4.39 Å². The molecule has 0 heterocycles. The van der Waals surface area contributed by atoms with Gasteiger partial charge in [0.1, 0.15) is 5.82 Å². The first-order chi connectivity index (χ1) is 8.11. The van der Waals surface area contributed by atoms with E-state index in [0.29, 0.717) is 10.0 Å². The third-order valence-corrected chi connectivity index (χ3v) is 5.18. The summed E-state index contributed by atoms with van der Waals surface area (Å²) in [5, 5.41) is 0.180. The van der Waals surface area contributed by atoms with Crippen molar-refractivity contribution in [3.8, 4) is 0 Å². The summed E-state index contributed by atoms with van der Waals surface area (Å²) in [5.74, 6) is -0.233. The van der Waals surface area contributed by atoms with Gasteiger partial charge < -0.3 is 0 Å². The zero-order valence-electron chi connectivity index (χ0n) is 9.36. The molecule has 0 radical (unpaired) electrons. The summed E-state index contributed by atoms with van der Waals surface area (Å²) in [6.45, 7) is 0. The topological polar surface area (TPSA) is 0 Å². The van der Waals surface area contributed by atoms with Crippen molar-refractivity contribution in [2.24, 2.45) is 0 Å².